The molecule has 0 bridgehead atoms. The van der Waals surface area contributed by atoms with E-state index >= 15 is 0 Å². The van der Waals surface area contributed by atoms with Crippen molar-refractivity contribution in [2.45, 2.75) is 6.92 Å². The molecule has 0 heterocycles. The summed E-state index contributed by atoms with van der Waals surface area (Å²) < 4.78 is 10.1. The summed E-state index contributed by atoms with van der Waals surface area (Å²) in [5.41, 5.74) is 4.85. The van der Waals surface area contributed by atoms with Gasteiger partial charge in [0.25, 0.3) is 0 Å². The molecule has 0 amide bonds. The monoisotopic (exact) mass is 214 g/mol. The van der Waals surface area contributed by atoms with E-state index in [1.54, 1.807) is 0 Å². The van der Waals surface area contributed by atoms with Crippen LogP contribution in [0.3, 0.4) is 0 Å². The maximum absolute atomic E-state index is 10.1. The predicted molar refractivity (Wildman–Crippen MR) is 47.3 cm³/mol. The number of carboxylic acid groups (broad SMARTS) is 1. The van der Waals surface area contributed by atoms with Crippen LogP contribution >= 0.6 is 7.60 Å². The Kier molecular flexibility index (Phi) is 9.43. The van der Waals surface area contributed by atoms with E-state index in [0.29, 0.717) is 0 Å². The summed E-state index contributed by atoms with van der Waals surface area (Å²) in [4.78, 5) is 26.1. The van der Waals surface area contributed by atoms with E-state index in [-0.39, 0.29) is 0 Å². The van der Waals surface area contributed by atoms with Gasteiger partial charge in [0.15, 0.2) is 0 Å². The number of carbonyl (C=O) groups is 1. The summed E-state index contributed by atoms with van der Waals surface area (Å²) in [5, 5.41) is 10.1. The Morgan fingerprint density at radius 3 is 2.15 bits per heavy atom. The van der Waals surface area contributed by atoms with Crippen molar-refractivity contribution in [3.63, 3.8) is 0 Å². The van der Waals surface area contributed by atoms with Gasteiger partial charge in [0, 0.05) is 0 Å². The number of hydrogen-bond acceptors (Lipinski definition) is 4. The Hall–Kier alpha value is -0.460. The fraction of sp³-hybridized carbons (Fsp3) is 0.800. The number of aliphatic carboxylic acids is 1. The number of carboxylic acids is 1. The fourth-order valence-corrected chi connectivity index (χ4v) is 0.712. The summed E-state index contributed by atoms with van der Waals surface area (Å²) in [6, 6.07) is 0. The van der Waals surface area contributed by atoms with E-state index in [9.17, 15) is 9.36 Å². The molecule has 0 rings (SSSR count). The Labute approximate surface area is 76.1 Å². The van der Waals surface area contributed by atoms with Gasteiger partial charge in [0.1, 0.15) is 0 Å². The fourth-order valence-electron chi connectivity index (χ4n) is 0.308. The van der Waals surface area contributed by atoms with Gasteiger partial charge >= 0.3 is 13.6 Å². The first kappa shape index (κ1) is 15.0. The van der Waals surface area contributed by atoms with Gasteiger partial charge in [-0.25, -0.2) is 0 Å². The third kappa shape index (κ3) is 24.6. The molecule has 0 aromatic rings. The summed E-state index contributed by atoms with van der Waals surface area (Å²) in [6.07, 6.45) is -0.598. The lowest BCUT2D eigenvalue weighted by molar-refractivity contribution is -0.135. The van der Waals surface area contributed by atoms with Gasteiger partial charge in [0.05, 0.1) is 12.8 Å². The molecule has 0 fully saturated rings. The molecule has 0 spiro atoms. The molecule has 0 saturated heterocycles. The first-order valence-corrected chi connectivity index (χ1v) is 5.30. The van der Waals surface area contributed by atoms with Crippen LogP contribution in [0.1, 0.15) is 6.92 Å². The molecule has 0 radical (unpaired) electrons. The minimum atomic E-state index is -4.10. The van der Waals surface area contributed by atoms with Crippen molar-refractivity contribution in [2.75, 3.05) is 19.4 Å². The smallest absolute Gasteiger partial charge is 0.339 e. The predicted octanol–water partition coefficient (Wildman–Crippen LogP) is -1.24. The summed E-state index contributed by atoms with van der Waals surface area (Å²) in [7, 11) is -4.10. The molecule has 6 N–H and O–H groups in total. The van der Waals surface area contributed by atoms with Crippen molar-refractivity contribution in [3.8, 4) is 0 Å². The van der Waals surface area contributed by atoms with Crippen molar-refractivity contribution in [1.29, 1.82) is 0 Å². The van der Waals surface area contributed by atoms with E-state index in [1.807, 2.05) is 6.92 Å². The van der Waals surface area contributed by atoms with Crippen LogP contribution in [-0.4, -0.2) is 40.2 Å². The van der Waals surface area contributed by atoms with Crippen LogP contribution in [0.4, 0.5) is 0 Å². The van der Waals surface area contributed by atoms with Gasteiger partial charge in [-0.05, 0) is 6.54 Å². The van der Waals surface area contributed by atoms with Crippen molar-refractivity contribution >= 4 is 13.6 Å². The number of nitrogens with two attached hydrogens (primary N) is 1. The van der Waals surface area contributed by atoms with Crippen LogP contribution < -0.4 is 11.1 Å². The zero-order chi connectivity index (χ0) is 10.9. The lowest BCUT2D eigenvalue weighted by Gasteiger charge is -2.02. The summed E-state index contributed by atoms with van der Waals surface area (Å²) >= 11 is 0. The van der Waals surface area contributed by atoms with Crippen LogP contribution in [0.5, 0.6) is 0 Å². The molecular formula is C5H15N2O5P. The van der Waals surface area contributed by atoms with Crippen molar-refractivity contribution < 1.29 is 24.3 Å². The SMILES string of the molecule is CCN.O=C(O)CNCP(=O)(O)O. The van der Waals surface area contributed by atoms with Gasteiger partial charge in [-0.3, -0.25) is 14.7 Å². The maximum atomic E-state index is 10.1. The van der Waals surface area contributed by atoms with Crippen LogP contribution in [0, 0.1) is 0 Å². The zero-order valence-corrected chi connectivity index (χ0v) is 8.20. The number of rotatable bonds is 4. The third-order valence-electron chi connectivity index (χ3n) is 0.594. The molecular weight excluding hydrogens is 199 g/mol. The second-order valence-corrected chi connectivity index (χ2v) is 3.70. The Balaban J connectivity index is 0. The third-order valence-corrected chi connectivity index (χ3v) is 1.23. The van der Waals surface area contributed by atoms with Crippen LogP contribution in [0.2, 0.25) is 0 Å². The minimum absolute atomic E-state index is 0.439. The first-order valence-electron chi connectivity index (χ1n) is 3.50. The van der Waals surface area contributed by atoms with Crippen LogP contribution in [0.15, 0.2) is 0 Å². The molecule has 0 saturated carbocycles. The highest BCUT2D eigenvalue weighted by molar-refractivity contribution is 7.51. The van der Waals surface area contributed by atoms with Crippen molar-refractivity contribution in [1.82, 2.24) is 5.32 Å². The molecule has 0 aromatic carbocycles. The van der Waals surface area contributed by atoms with E-state index in [4.69, 9.17) is 20.6 Å². The van der Waals surface area contributed by atoms with Gasteiger partial charge in [0.2, 0.25) is 0 Å². The molecule has 0 unspecified atom stereocenters. The first-order chi connectivity index (χ1) is 5.83. The molecule has 13 heavy (non-hydrogen) atoms. The molecule has 0 aliphatic rings. The second-order valence-electron chi connectivity index (χ2n) is 2.05. The largest absolute Gasteiger partial charge is 0.480 e. The highest BCUT2D eigenvalue weighted by atomic mass is 31.2. The number of hydrogen-bond donors (Lipinski definition) is 5. The highest BCUT2D eigenvalue weighted by Gasteiger charge is 2.11. The summed E-state index contributed by atoms with van der Waals surface area (Å²) in [6.45, 7) is 2.21. The van der Waals surface area contributed by atoms with E-state index in [0.717, 1.165) is 6.54 Å². The highest BCUT2D eigenvalue weighted by Crippen LogP contribution is 2.31. The molecule has 80 valence electrons. The quantitative estimate of drug-likeness (QED) is 0.369. The zero-order valence-electron chi connectivity index (χ0n) is 7.30. The Morgan fingerprint density at radius 2 is 1.92 bits per heavy atom. The lowest BCUT2D eigenvalue weighted by Crippen LogP contribution is -2.23. The van der Waals surface area contributed by atoms with Crippen molar-refractivity contribution in [3.05, 3.63) is 0 Å². The second kappa shape index (κ2) is 8.15. The van der Waals surface area contributed by atoms with Gasteiger partial charge in [-0.15, -0.1) is 0 Å². The average Bonchev–Trinajstić information content (AvgIpc) is 1.84. The van der Waals surface area contributed by atoms with Crippen molar-refractivity contribution in [2.24, 2.45) is 5.73 Å². The van der Waals surface area contributed by atoms with Gasteiger partial charge < -0.3 is 20.6 Å². The molecule has 0 aromatic heterocycles. The number of nitrogens with one attached hydrogen (secondary N) is 1. The molecule has 8 heteroatoms. The Morgan fingerprint density at radius 1 is 1.54 bits per heavy atom. The molecule has 0 aliphatic carbocycles. The maximum Gasteiger partial charge on any atom is 0.339 e. The molecule has 7 nitrogen and oxygen atoms in total. The normalized spacial score (nSPS) is 10.2. The topological polar surface area (TPSA) is 133 Å². The minimum Gasteiger partial charge on any atom is -0.480 e. The van der Waals surface area contributed by atoms with E-state index in [1.165, 1.54) is 0 Å². The van der Waals surface area contributed by atoms with Crippen LogP contribution in [0.25, 0.3) is 0 Å². The summed E-state index contributed by atoms with van der Waals surface area (Å²) in [5.74, 6) is -1.14. The van der Waals surface area contributed by atoms with Gasteiger partial charge in [-0.1, -0.05) is 6.92 Å². The van der Waals surface area contributed by atoms with E-state index < -0.39 is 26.4 Å². The average molecular weight is 214 g/mol. The van der Waals surface area contributed by atoms with Gasteiger partial charge in [-0.2, -0.15) is 0 Å². The standard InChI is InChI=1S/C3H8NO5P.C2H7N/c5-3(6)1-4-2-10(7,8)9;1-2-3/h4H,1-2H2,(H,5,6)(H2,7,8,9);2-3H2,1H3. The lowest BCUT2D eigenvalue weighted by atomic mass is 10.7. The van der Waals surface area contributed by atoms with E-state index in [2.05, 4.69) is 5.32 Å². The molecule has 0 atom stereocenters. The Bertz CT molecular complexity index is 180. The molecule has 0 aliphatic heterocycles. The van der Waals surface area contributed by atoms with Crippen LogP contribution in [-0.2, 0) is 9.36 Å².